The number of hydrogen-bond acceptors (Lipinski definition) is 6. The maximum Gasteiger partial charge on any atom is 0.350 e. The highest BCUT2D eigenvalue weighted by Gasteiger charge is 2.23. The number of anilines is 2. The minimum atomic E-state index is -0.459. The van der Waals surface area contributed by atoms with Crippen LogP contribution in [0.4, 0.5) is 10.7 Å². The number of carbonyl (C=O) groups is 1. The largest absolute Gasteiger partial charge is 0.486 e. The van der Waals surface area contributed by atoms with E-state index in [9.17, 15) is 4.79 Å². The van der Waals surface area contributed by atoms with Crippen molar-refractivity contribution in [2.45, 2.75) is 26.9 Å². The summed E-state index contributed by atoms with van der Waals surface area (Å²) < 4.78 is 10.4. The fourth-order valence-corrected chi connectivity index (χ4v) is 2.34. The molecule has 0 unspecified atom stereocenters. The number of ether oxygens (including phenoxy) is 2. The Morgan fingerprint density at radius 3 is 2.63 bits per heavy atom. The Bertz CT molecular complexity index is 480. The molecule has 6 heteroatoms. The first-order valence-corrected chi connectivity index (χ1v) is 6.74. The lowest BCUT2D eigenvalue weighted by Gasteiger charge is -2.12. The van der Waals surface area contributed by atoms with Crippen LogP contribution in [0.15, 0.2) is 12.2 Å². The molecular weight excluding hydrogens is 264 g/mol. The second kappa shape index (κ2) is 6.47. The summed E-state index contributed by atoms with van der Waals surface area (Å²) in [5.41, 5.74) is 7.25. The molecule has 5 nitrogen and oxygen atoms in total. The lowest BCUT2D eigenvalue weighted by molar-refractivity contribution is 0.0607. The number of thiophene rings is 1. The predicted molar refractivity (Wildman–Crippen MR) is 79.1 cm³/mol. The van der Waals surface area contributed by atoms with Gasteiger partial charge in [-0.25, -0.2) is 4.79 Å². The highest BCUT2D eigenvalue weighted by molar-refractivity contribution is 7.19. The van der Waals surface area contributed by atoms with Gasteiger partial charge in [-0.15, -0.1) is 11.3 Å². The Balaban J connectivity index is 3.11. The summed E-state index contributed by atoms with van der Waals surface area (Å²) in [4.78, 5) is 12.0. The Hall–Kier alpha value is -1.69. The highest BCUT2D eigenvalue weighted by Crippen LogP contribution is 2.43. The van der Waals surface area contributed by atoms with E-state index in [-0.39, 0.29) is 6.10 Å². The molecule has 1 aromatic rings. The number of methoxy groups -OCH3 is 1. The first kappa shape index (κ1) is 15.4. The zero-order valence-corrected chi connectivity index (χ0v) is 12.5. The number of nitrogen functional groups attached to an aromatic ring is 1. The summed E-state index contributed by atoms with van der Waals surface area (Å²) in [5, 5.41) is 3.88. The maximum absolute atomic E-state index is 11.6. The average Bonchev–Trinajstić information content (AvgIpc) is 2.63. The fraction of sp³-hybridized carbons (Fsp3) is 0.462. The van der Waals surface area contributed by atoms with Gasteiger partial charge in [0.25, 0.3) is 0 Å². The molecule has 3 N–H and O–H groups in total. The molecule has 0 fully saturated rings. The summed E-state index contributed by atoms with van der Waals surface area (Å²) >= 11 is 1.23. The topological polar surface area (TPSA) is 73.6 Å². The van der Waals surface area contributed by atoms with E-state index in [2.05, 4.69) is 11.9 Å². The molecular formula is C13H20N2O3S. The molecule has 0 aromatic carbocycles. The predicted octanol–water partition coefficient (Wildman–Crippen LogP) is 2.89. The molecule has 0 spiro atoms. The van der Waals surface area contributed by atoms with Crippen LogP contribution in [0.1, 0.15) is 30.4 Å². The van der Waals surface area contributed by atoms with Crippen LogP contribution in [0.25, 0.3) is 0 Å². The zero-order chi connectivity index (χ0) is 14.6. The van der Waals surface area contributed by atoms with Crippen LogP contribution in [0.2, 0.25) is 0 Å². The van der Waals surface area contributed by atoms with Crippen molar-refractivity contribution in [3.63, 3.8) is 0 Å². The first-order valence-electron chi connectivity index (χ1n) is 5.92. The van der Waals surface area contributed by atoms with Crippen LogP contribution in [0, 0.1) is 0 Å². The summed E-state index contributed by atoms with van der Waals surface area (Å²) in [5.74, 6) is 0.0427. The second-order valence-corrected chi connectivity index (χ2v) is 5.49. The third kappa shape index (κ3) is 3.89. The van der Waals surface area contributed by atoms with Crippen LogP contribution in [-0.2, 0) is 4.74 Å². The molecule has 1 rings (SSSR count). The van der Waals surface area contributed by atoms with Gasteiger partial charge in [0.1, 0.15) is 15.6 Å². The lowest BCUT2D eigenvalue weighted by atomic mass is 10.3. The molecule has 0 amide bonds. The van der Waals surface area contributed by atoms with E-state index in [4.69, 9.17) is 15.2 Å². The van der Waals surface area contributed by atoms with Crippen molar-refractivity contribution in [2.24, 2.45) is 0 Å². The van der Waals surface area contributed by atoms with E-state index in [0.717, 1.165) is 10.6 Å². The maximum atomic E-state index is 11.6. The lowest BCUT2D eigenvalue weighted by Crippen LogP contribution is -2.10. The smallest absolute Gasteiger partial charge is 0.350 e. The number of carbonyl (C=O) groups excluding carboxylic acids is 1. The standard InChI is InChI=1S/C13H20N2O3S/c1-7(2)6-15-12-10(18-8(3)4)9(14)11(19-12)13(16)17-5/h8,15H,1,6,14H2,2-5H3. The summed E-state index contributed by atoms with van der Waals surface area (Å²) in [6.07, 6.45) is -0.0345. The normalized spacial score (nSPS) is 10.4. The highest BCUT2D eigenvalue weighted by atomic mass is 32.1. The summed E-state index contributed by atoms with van der Waals surface area (Å²) in [6.45, 7) is 10.1. The average molecular weight is 284 g/mol. The zero-order valence-electron chi connectivity index (χ0n) is 11.7. The minimum Gasteiger partial charge on any atom is -0.486 e. The van der Waals surface area contributed by atoms with Crippen LogP contribution in [0.5, 0.6) is 5.75 Å². The van der Waals surface area contributed by atoms with Crippen LogP contribution < -0.4 is 15.8 Å². The molecule has 0 bridgehead atoms. The van der Waals surface area contributed by atoms with Gasteiger partial charge in [0.15, 0.2) is 5.75 Å². The van der Waals surface area contributed by atoms with Gasteiger partial charge >= 0.3 is 5.97 Å². The van der Waals surface area contributed by atoms with Gasteiger partial charge in [-0.2, -0.15) is 0 Å². The molecule has 1 heterocycles. The number of nitrogens with two attached hydrogens (primary N) is 1. The Labute approximate surface area is 117 Å². The van der Waals surface area contributed by atoms with E-state index in [1.807, 2.05) is 20.8 Å². The number of nitrogens with one attached hydrogen (secondary N) is 1. The van der Waals surface area contributed by atoms with E-state index in [0.29, 0.717) is 22.9 Å². The van der Waals surface area contributed by atoms with Crippen LogP contribution in [0.3, 0.4) is 0 Å². The van der Waals surface area contributed by atoms with Gasteiger partial charge < -0.3 is 20.5 Å². The van der Waals surface area contributed by atoms with Gasteiger partial charge in [0.05, 0.1) is 13.2 Å². The van der Waals surface area contributed by atoms with E-state index >= 15 is 0 Å². The van der Waals surface area contributed by atoms with Gasteiger partial charge in [0, 0.05) is 6.54 Å². The first-order chi connectivity index (χ1) is 8.86. The molecule has 0 saturated heterocycles. The fourth-order valence-electron chi connectivity index (χ4n) is 1.37. The van der Waals surface area contributed by atoms with Gasteiger partial charge in [-0.05, 0) is 20.8 Å². The van der Waals surface area contributed by atoms with E-state index in [1.54, 1.807) is 0 Å². The number of hydrogen-bond donors (Lipinski definition) is 2. The molecule has 1 aromatic heterocycles. The molecule has 19 heavy (non-hydrogen) atoms. The van der Waals surface area contributed by atoms with Crippen molar-refractivity contribution < 1.29 is 14.3 Å². The van der Waals surface area contributed by atoms with Crippen molar-refractivity contribution in [3.05, 3.63) is 17.0 Å². The van der Waals surface area contributed by atoms with Gasteiger partial charge in [-0.3, -0.25) is 0 Å². The summed E-state index contributed by atoms with van der Waals surface area (Å²) in [6, 6.07) is 0. The van der Waals surface area contributed by atoms with Crippen LogP contribution >= 0.6 is 11.3 Å². The minimum absolute atomic E-state index is 0.0345. The van der Waals surface area contributed by atoms with Gasteiger partial charge in [-0.1, -0.05) is 12.2 Å². The van der Waals surface area contributed by atoms with Crippen molar-refractivity contribution in [2.75, 3.05) is 24.7 Å². The molecule has 0 aliphatic carbocycles. The Morgan fingerprint density at radius 2 is 2.16 bits per heavy atom. The number of rotatable bonds is 6. The Morgan fingerprint density at radius 1 is 1.53 bits per heavy atom. The monoisotopic (exact) mass is 284 g/mol. The molecule has 0 saturated carbocycles. The van der Waals surface area contributed by atoms with E-state index < -0.39 is 5.97 Å². The van der Waals surface area contributed by atoms with Crippen molar-refractivity contribution in [1.29, 1.82) is 0 Å². The SMILES string of the molecule is C=C(C)CNc1sc(C(=O)OC)c(N)c1OC(C)C. The van der Waals surface area contributed by atoms with Crippen molar-refractivity contribution >= 4 is 28.0 Å². The number of esters is 1. The van der Waals surface area contributed by atoms with Crippen molar-refractivity contribution in [1.82, 2.24) is 0 Å². The van der Waals surface area contributed by atoms with E-state index in [1.165, 1.54) is 18.4 Å². The third-order valence-corrected chi connectivity index (χ3v) is 3.30. The second-order valence-electron chi connectivity index (χ2n) is 4.47. The molecule has 0 aliphatic rings. The molecule has 0 radical (unpaired) electrons. The quantitative estimate of drug-likeness (QED) is 0.620. The third-order valence-electron chi connectivity index (χ3n) is 2.17. The Kier molecular flexibility index (Phi) is 5.23. The molecule has 106 valence electrons. The molecule has 0 atom stereocenters. The molecule has 0 aliphatic heterocycles. The van der Waals surface area contributed by atoms with Crippen LogP contribution in [-0.4, -0.2) is 25.7 Å². The summed E-state index contributed by atoms with van der Waals surface area (Å²) in [7, 11) is 1.32. The van der Waals surface area contributed by atoms with Gasteiger partial charge in [0.2, 0.25) is 0 Å². The van der Waals surface area contributed by atoms with Crippen molar-refractivity contribution in [3.8, 4) is 5.75 Å².